The lowest BCUT2D eigenvalue weighted by Crippen LogP contribution is -2.31. The van der Waals surface area contributed by atoms with Crippen molar-refractivity contribution in [3.05, 3.63) is 56.4 Å². The van der Waals surface area contributed by atoms with Gasteiger partial charge < -0.3 is 4.90 Å². The van der Waals surface area contributed by atoms with Crippen LogP contribution in [0.15, 0.2) is 34.2 Å². The molecule has 0 radical (unpaired) electrons. The van der Waals surface area contributed by atoms with E-state index in [1.165, 1.54) is 39.8 Å². The van der Waals surface area contributed by atoms with Crippen molar-refractivity contribution in [2.75, 3.05) is 12.8 Å². The second kappa shape index (κ2) is 8.05. The summed E-state index contributed by atoms with van der Waals surface area (Å²) in [5, 5.41) is 1.18. The van der Waals surface area contributed by atoms with Crippen LogP contribution in [0.5, 0.6) is 0 Å². The van der Waals surface area contributed by atoms with E-state index >= 15 is 0 Å². The van der Waals surface area contributed by atoms with Gasteiger partial charge in [-0.3, -0.25) is 14.2 Å². The zero-order valence-electron chi connectivity index (χ0n) is 16.4. The molecular weight excluding hydrogens is 397 g/mol. The third kappa shape index (κ3) is 3.84. The van der Waals surface area contributed by atoms with E-state index in [4.69, 9.17) is 0 Å². The van der Waals surface area contributed by atoms with Gasteiger partial charge in [-0.25, -0.2) is 9.37 Å². The molecule has 0 aliphatic heterocycles. The minimum atomic E-state index is -0.304. The smallest absolute Gasteiger partial charge is 0.262 e. The summed E-state index contributed by atoms with van der Waals surface area (Å²) in [5.74, 6) is -0.228. The van der Waals surface area contributed by atoms with Gasteiger partial charge in [-0.2, -0.15) is 0 Å². The molecule has 1 aromatic carbocycles. The van der Waals surface area contributed by atoms with E-state index < -0.39 is 0 Å². The fourth-order valence-corrected chi connectivity index (χ4v) is 4.86. The maximum atomic E-state index is 13.1. The molecule has 0 spiro atoms. The molecule has 0 saturated heterocycles. The van der Waals surface area contributed by atoms with E-state index in [-0.39, 0.29) is 29.1 Å². The van der Waals surface area contributed by atoms with E-state index in [0.29, 0.717) is 15.4 Å². The highest BCUT2D eigenvalue weighted by Crippen LogP contribution is 2.28. The van der Waals surface area contributed by atoms with Crippen LogP contribution in [0.2, 0.25) is 0 Å². The van der Waals surface area contributed by atoms with Gasteiger partial charge in [0.15, 0.2) is 5.16 Å². The predicted octanol–water partition coefficient (Wildman–Crippen LogP) is 4.06. The van der Waals surface area contributed by atoms with E-state index in [1.807, 2.05) is 20.8 Å². The molecule has 3 aromatic rings. The van der Waals surface area contributed by atoms with Crippen molar-refractivity contribution in [1.29, 1.82) is 0 Å². The quantitative estimate of drug-likeness (QED) is 0.462. The summed E-state index contributed by atoms with van der Waals surface area (Å²) in [5.41, 5.74) is 1.74. The lowest BCUT2D eigenvalue weighted by molar-refractivity contribution is -0.128. The average Bonchev–Trinajstić information content (AvgIpc) is 2.96. The third-order valence-electron chi connectivity index (χ3n) is 5.02. The Morgan fingerprint density at radius 2 is 1.96 bits per heavy atom. The van der Waals surface area contributed by atoms with Crippen molar-refractivity contribution in [3.8, 4) is 0 Å². The van der Waals surface area contributed by atoms with Gasteiger partial charge in [0.25, 0.3) is 5.56 Å². The molecule has 5 nitrogen and oxygen atoms in total. The molecule has 148 valence electrons. The standard InChI is InChI=1S/C20H22FN3O2S2/c1-11-13(3)28-18-17(11)19(26)24(5)20(22-18)27-10-16(25)23(4)12(2)14-6-8-15(21)9-7-14/h6-9,12H,10H2,1-5H3. The number of halogens is 1. The van der Waals surface area contributed by atoms with Gasteiger partial charge in [0.05, 0.1) is 17.2 Å². The Balaban J connectivity index is 1.76. The molecule has 0 saturated carbocycles. The van der Waals surface area contributed by atoms with Gasteiger partial charge in [0, 0.05) is 19.0 Å². The van der Waals surface area contributed by atoms with Crippen LogP contribution in [0, 0.1) is 19.7 Å². The number of carbonyl (C=O) groups excluding carboxylic acids is 1. The molecule has 0 aliphatic carbocycles. The molecule has 0 aliphatic rings. The van der Waals surface area contributed by atoms with Crippen LogP contribution in [0.4, 0.5) is 4.39 Å². The normalized spacial score (nSPS) is 12.4. The molecule has 2 aromatic heterocycles. The van der Waals surface area contributed by atoms with Crippen LogP contribution in [0.1, 0.15) is 29.0 Å². The Morgan fingerprint density at radius 3 is 2.61 bits per heavy atom. The van der Waals surface area contributed by atoms with Crippen LogP contribution in [0.25, 0.3) is 10.2 Å². The fraction of sp³-hybridized carbons (Fsp3) is 0.350. The van der Waals surface area contributed by atoms with E-state index in [9.17, 15) is 14.0 Å². The van der Waals surface area contributed by atoms with Crippen LogP contribution >= 0.6 is 23.1 Å². The Kier molecular flexibility index (Phi) is 5.90. The number of aromatic nitrogens is 2. The van der Waals surface area contributed by atoms with E-state index in [1.54, 1.807) is 31.1 Å². The molecule has 1 amide bonds. The molecule has 8 heteroatoms. The van der Waals surface area contributed by atoms with Crippen molar-refractivity contribution in [2.45, 2.75) is 32.0 Å². The zero-order valence-corrected chi connectivity index (χ0v) is 18.1. The first-order chi connectivity index (χ1) is 13.2. The summed E-state index contributed by atoms with van der Waals surface area (Å²) in [6.07, 6.45) is 0. The van der Waals surface area contributed by atoms with Crippen molar-refractivity contribution >= 4 is 39.2 Å². The van der Waals surface area contributed by atoms with Crippen molar-refractivity contribution in [2.24, 2.45) is 7.05 Å². The molecule has 28 heavy (non-hydrogen) atoms. The molecule has 0 fully saturated rings. The highest BCUT2D eigenvalue weighted by atomic mass is 32.2. The van der Waals surface area contributed by atoms with Crippen LogP contribution in [0.3, 0.4) is 0 Å². The number of rotatable bonds is 5. The third-order valence-corrected chi connectivity index (χ3v) is 7.14. The number of nitrogens with zero attached hydrogens (tertiary/aromatic N) is 3. The number of fused-ring (bicyclic) bond motifs is 1. The average molecular weight is 420 g/mol. The summed E-state index contributed by atoms with van der Waals surface area (Å²) in [6.45, 7) is 5.80. The summed E-state index contributed by atoms with van der Waals surface area (Å²) < 4.78 is 14.6. The molecule has 0 bridgehead atoms. The lowest BCUT2D eigenvalue weighted by Gasteiger charge is -2.25. The Hall–Kier alpha value is -2.19. The van der Waals surface area contributed by atoms with Gasteiger partial charge in [0.2, 0.25) is 5.91 Å². The van der Waals surface area contributed by atoms with Gasteiger partial charge in [-0.1, -0.05) is 23.9 Å². The molecule has 1 unspecified atom stereocenters. The summed E-state index contributed by atoms with van der Waals surface area (Å²) in [7, 11) is 3.40. The number of aryl methyl sites for hydroxylation is 2. The SMILES string of the molecule is Cc1sc2nc(SCC(=O)N(C)C(C)c3ccc(F)cc3)n(C)c(=O)c2c1C. The van der Waals surface area contributed by atoms with Gasteiger partial charge in [-0.05, 0) is 44.0 Å². The maximum absolute atomic E-state index is 13.1. The van der Waals surface area contributed by atoms with Gasteiger partial charge >= 0.3 is 0 Å². The number of hydrogen-bond acceptors (Lipinski definition) is 5. The monoisotopic (exact) mass is 419 g/mol. The number of thiophene rings is 1. The highest BCUT2D eigenvalue weighted by Gasteiger charge is 2.20. The van der Waals surface area contributed by atoms with Gasteiger partial charge in [0.1, 0.15) is 10.6 Å². The van der Waals surface area contributed by atoms with Gasteiger partial charge in [-0.15, -0.1) is 11.3 Å². The highest BCUT2D eigenvalue weighted by molar-refractivity contribution is 7.99. The molecule has 3 rings (SSSR count). The fourth-order valence-electron chi connectivity index (χ4n) is 2.89. The number of thioether (sulfide) groups is 1. The van der Waals surface area contributed by atoms with Crippen molar-refractivity contribution in [1.82, 2.24) is 14.5 Å². The van der Waals surface area contributed by atoms with E-state index in [0.717, 1.165) is 16.0 Å². The number of amides is 1. The largest absolute Gasteiger partial charge is 0.338 e. The molecule has 0 N–H and O–H groups in total. The van der Waals surface area contributed by atoms with Crippen LogP contribution in [-0.2, 0) is 11.8 Å². The maximum Gasteiger partial charge on any atom is 0.262 e. The minimum absolute atomic E-state index is 0.0881. The van der Waals surface area contributed by atoms with E-state index in [2.05, 4.69) is 4.98 Å². The van der Waals surface area contributed by atoms with Crippen LogP contribution in [-0.4, -0.2) is 33.2 Å². The summed E-state index contributed by atoms with van der Waals surface area (Å²) in [6, 6.07) is 5.95. The Labute approximate surface area is 171 Å². The Morgan fingerprint density at radius 1 is 1.32 bits per heavy atom. The number of carbonyl (C=O) groups is 1. The minimum Gasteiger partial charge on any atom is -0.338 e. The first-order valence-corrected chi connectivity index (χ1v) is 10.6. The van der Waals surface area contributed by atoms with Crippen molar-refractivity contribution < 1.29 is 9.18 Å². The lowest BCUT2D eigenvalue weighted by atomic mass is 10.1. The topological polar surface area (TPSA) is 55.2 Å². The molecule has 2 heterocycles. The zero-order chi connectivity index (χ0) is 20.6. The second-order valence-electron chi connectivity index (χ2n) is 6.74. The molecular formula is C20H22FN3O2S2. The second-order valence-corrected chi connectivity index (χ2v) is 8.89. The number of benzene rings is 1. The Bertz CT molecular complexity index is 1090. The predicted molar refractivity (Wildman–Crippen MR) is 113 cm³/mol. The van der Waals surface area contributed by atoms with Crippen molar-refractivity contribution in [3.63, 3.8) is 0 Å². The molecule has 1 atom stereocenters. The first kappa shape index (κ1) is 20.5. The van der Waals surface area contributed by atoms with Crippen LogP contribution < -0.4 is 5.56 Å². The summed E-state index contributed by atoms with van der Waals surface area (Å²) >= 11 is 2.75. The first-order valence-electron chi connectivity index (χ1n) is 8.81. The number of hydrogen-bond donors (Lipinski definition) is 0. The summed E-state index contributed by atoms with van der Waals surface area (Å²) in [4.78, 5) is 33.3.